The van der Waals surface area contributed by atoms with Crippen LogP contribution in [0.5, 0.6) is 11.5 Å². The maximum Gasteiger partial charge on any atom is 0.161 e. The molecule has 1 atom stereocenters. The average molecular weight is 289 g/mol. The predicted molar refractivity (Wildman–Crippen MR) is 81.6 cm³/mol. The standard InChI is InChI=1S/C16H19NO2S/c1-12(16-4-2-9-20-16)17-11-13-5-6-14-15(10-13)19-8-3-7-18-14/h2,4-6,9-10,12,17H,3,7-8,11H2,1H3/t12-/m1/s1. The molecular weight excluding hydrogens is 270 g/mol. The van der Waals surface area contributed by atoms with Crippen LogP contribution >= 0.6 is 11.3 Å². The number of hydrogen-bond donors (Lipinski definition) is 1. The second kappa shape index (κ2) is 6.29. The Bertz CT molecular complexity index is 554. The molecule has 4 heteroatoms. The van der Waals surface area contributed by atoms with Gasteiger partial charge in [0.2, 0.25) is 0 Å². The van der Waals surface area contributed by atoms with E-state index >= 15 is 0 Å². The lowest BCUT2D eigenvalue weighted by Gasteiger charge is -2.13. The van der Waals surface area contributed by atoms with Gasteiger partial charge in [0, 0.05) is 23.9 Å². The fourth-order valence-electron chi connectivity index (χ4n) is 2.23. The first kappa shape index (κ1) is 13.5. The summed E-state index contributed by atoms with van der Waals surface area (Å²) < 4.78 is 11.4. The largest absolute Gasteiger partial charge is 0.490 e. The predicted octanol–water partition coefficient (Wildman–Crippen LogP) is 3.76. The highest BCUT2D eigenvalue weighted by atomic mass is 32.1. The van der Waals surface area contributed by atoms with Crippen molar-refractivity contribution < 1.29 is 9.47 Å². The van der Waals surface area contributed by atoms with Gasteiger partial charge in [-0.3, -0.25) is 0 Å². The quantitative estimate of drug-likeness (QED) is 0.929. The zero-order valence-electron chi connectivity index (χ0n) is 11.6. The Morgan fingerprint density at radius 3 is 2.85 bits per heavy atom. The van der Waals surface area contributed by atoms with E-state index in [1.165, 1.54) is 10.4 Å². The maximum atomic E-state index is 5.72. The molecule has 0 saturated heterocycles. The third-order valence-corrected chi connectivity index (χ3v) is 4.45. The minimum Gasteiger partial charge on any atom is -0.490 e. The molecule has 0 aliphatic carbocycles. The molecule has 0 unspecified atom stereocenters. The van der Waals surface area contributed by atoms with Gasteiger partial charge in [-0.25, -0.2) is 0 Å². The summed E-state index contributed by atoms with van der Waals surface area (Å²) in [6, 6.07) is 10.8. The Morgan fingerprint density at radius 2 is 2.05 bits per heavy atom. The van der Waals surface area contributed by atoms with Crippen LogP contribution in [0.3, 0.4) is 0 Å². The third-order valence-electron chi connectivity index (χ3n) is 3.39. The van der Waals surface area contributed by atoms with Crippen LogP contribution in [0, 0.1) is 0 Å². The van der Waals surface area contributed by atoms with Crippen molar-refractivity contribution in [3.8, 4) is 11.5 Å². The van der Waals surface area contributed by atoms with Crippen molar-refractivity contribution in [1.82, 2.24) is 5.32 Å². The SMILES string of the molecule is C[C@@H](NCc1ccc2c(c1)OCCCO2)c1cccs1. The molecule has 0 spiro atoms. The lowest BCUT2D eigenvalue weighted by Crippen LogP contribution is -2.17. The van der Waals surface area contributed by atoms with Gasteiger partial charge in [0.15, 0.2) is 11.5 Å². The van der Waals surface area contributed by atoms with Crippen LogP contribution in [-0.2, 0) is 6.54 Å². The molecule has 3 nitrogen and oxygen atoms in total. The number of hydrogen-bond acceptors (Lipinski definition) is 4. The summed E-state index contributed by atoms with van der Waals surface area (Å²) in [5.41, 5.74) is 1.22. The molecule has 0 amide bonds. The van der Waals surface area contributed by atoms with E-state index in [1.807, 2.05) is 6.07 Å². The topological polar surface area (TPSA) is 30.5 Å². The highest BCUT2D eigenvalue weighted by Crippen LogP contribution is 2.30. The summed E-state index contributed by atoms with van der Waals surface area (Å²) in [5, 5.41) is 5.65. The fourth-order valence-corrected chi connectivity index (χ4v) is 2.99. The molecule has 0 bridgehead atoms. The number of rotatable bonds is 4. The van der Waals surface area contributed by atoms with E-state index in [9.17, 15) is 0 Å². The Morgan fingerprint density at radius 1 is 1.20 bits per heavy atom. The van der Waals surface area contributed by atoms with Gasteiger partial charge in [-0.1, -0.05) is 12.1 Å². The Labute approximate surface area is 123 Å². The zero-order valence-corrected chi connectivity index (χ0v) is 12.4. The summed E-state index contributed by atoms with van der Waals surface area (Å²) in [6.45, 7) is 4.49. The summed E-state index contributed by atoms with van der Waals surface area (Å²) >= 11 is 1.78. The van der Waals surface area contributed by atoms with Crippen molar-refractivity contribution in [2.75, 3.05) is 13.2 Å². The number of ether oxygens (including phenoxy) is 2. The molecule has 1 aliphatic rings. The zero-order chi connectivity index (χ0) is 13.8. The lowest BCUT2D eigenvalue weighted by atomic mass is 10.2. The van der Waals surface area contributed by atoms with Gasteiger partial charge < -0.3 is 14.8 Å². The first-order valence-corrected chi connectivity index (χ1v) is 7.86. The van der Waals surface area contributed by atoms with Gasteiger partial charge in [-0.2, -0.15) is 0 Å². The molecule has 2 aromatic rings. The van der Waals surface area contributed by atoms with Crippen LogP contribution in [-0.4, -0.2) is 13.2 Å². The number of fused-ring (bicyclic) bond motifs is 1. The van der Waals surface area contributed by atoms with Gasteiger partial charge in [-0.05, 0) is 36.1 Å². The second-order valence-corrected chi connectivity index (χ2v) is 5.93. The Hall–Kier alpha value is -1.52. The number of benzene rings is 1. The smallest absolute Gasteiger partial charge is 0.161 e. The van der Waals surface area contributed by atoms with Crippen LogP contribution in [0.25, 0.3) is 0 Å². The van der Waals surface area contributed by atoms with Crippen molar-refractivity contribution in [3.05, 3.63) is 46.2 Å². The van der Waals surface area contributed by atoms with E-state index in [1.54, 1.807) is 11.3 Å². The lowest BCUT2D eigenvalue weighted by molar-refractivity contribution is 0.297. The molecule has 0 radical (unpaired) electrons. The first-order chi connectivity index (χ1) is 9.83. The van der Waals surface area contributed by atoms with Crippen LogP contribution in [0.15, 0.2) is 35.7 Å². The van der Waals surface area contributed by atoms with Gasteiger partial charge >= 0.3 is 0 Å². The van der Waals surface area contributed by atoms with E-state index in [2.05, 4.69) is 41.9 Å². The average Bonchev–Trinajstić information content (AvgIpc) is 2.90. The van der Waals surface area contributed by atoms with Crippen molar-refractivity contribution in [2.24, 2.45) is 0 Å². The maximum absolute atomic E-state index is 5.72. The minimum atomic E-state index is 0.367. The van der Waals surface area contributed by atoms with E-state index in [-0.39, 0.29) is 0 Å². The fraction of sp³-hybridized carbons (Fsp3) is 0.375. The first-order valence-electron chi connectivity index (χ1n) is 6.98. The summed E-state index contributed by atoms with van der Waals surface area (Å²) in [5.74, 6) is 1.73. The van der Waals surface area contributed by atoms with Crippen molar-refractivity contribution >= 4 is 11.3 Å². The second-order valence-electron chi connectivity index (χ2n) is 4.95. The molecule has 1 aromatic heterocycles. The molecule has 0 fully saturated rings. The van der Waals surface area contributed by atoms with E-state index < -0.39 is 0 Å². The summed E-state index contributed by atoms with van der Waals surface area (Å²) in [4.78, 5) is 1.36. The van der Waals surface area contributed by atoms with Crippen LogP contribution < -0.4 is 14.8 Å². The van der Waals surface area contributed by atoms with Crippen molar-refractivity contribution in [3.63, 3.8) is 0 Å². The molecule has 20 heavy (non-hydrogen) atoms. The molecule has 1 N–H and O–H groups in total. The van der Waals surface area contributed by atoms with Gasteiger partial charge in [-0.15, -0.1) is 11.3 Å². The normalized spacial score (nSPS) is 15.7. The van der Waals surface area contributed by atoms with E-state index in [4.69, 9.17) is 9.47 Å². The number of thiophene rings is 1. The highest BCUT2D eigenvalue weighted by molar-refractivity contribution is 7.10. The highest BCUT2D eigenvalue weighted by Gasteiger charge is 2.11. The van der Waals surface area contributed by atoms with Gasteiger partial charge in [0.05, 0.1) is 13.2 Å². The molecular formula is C16H19NO2S. The Kier molecular flexibility index (Phi) is 4.23. The summed E-state index contributed by atoms with van der Waals surface area (Å²) in [7, 11) is 0. The van der Waals surface area contributed by atoms with Crippen molar-refractivity contribution in [1.29, 1.82) is 0 Å². The third kappa shape index (κ3) is 3.14. The Balaban J connectivity index is 1.64. The van der Waals surface area contributed by atoms with Gasteiger partial charge in [0.1, 0.15) is 0 Å². The van der Waals surface area contributed by atoms with E-state index in [0.29, 0.717) is 6.04 Å². The van der Waals surface area contributed by atoms with Gasteiger partial charge in [0.25, 0.3) is 0 Å². The number of nitrogens with one attached hydrogen (secondary N) is 1. The minimum absolute atomic E-state index is 0.367. The molecule has 1 aliphatic heterocycles. The van der Waals surface area contributed by atoms with Crippen LogP contribution in [0.4, 0.5) is 0 Å². The van der Waals surface area contributed by atoms with Crippen LogP contribution in [0.1, 0.15) is 29.8 Å². The van der Waals surface area contributed by atoms with Crippen LogP contribution in [0.2, 0.25) is 0 Å². The van der Waals surface area contributed by atoms with E-state index in [0.717, 1.165) is 37.7 Å². The monoisotopic (exact) mass is 289 g/mol. The molecule has 106 valence electrons. The molecule has 1 aromatic carbocycles. The molecule has 0 saturated carbocycles. The molecule has 2 heterocycles. The summed E-state index contributed by atoms with van der Waals surface area (Å²) in [6.07, 6.45) is 0.942. The molecule has 3 rings (SSSR count). The van der Waals surface area contributed by atoms with Crippen molar-refractivity contribution in [2.45, 2.75) is 25.9 Å².